The first-order valence-corrected chi connectivity index (χ1v) is 9.82. The third-order valence-corrected chi connectivity index (χ3v) is 4.51. The van der Waals surface area contributed by atoms with Gasteiger partial charge in [-0.05, 0) is 38.5 Å². The van der Waals surface area contributed by atoms with E-state index >= 15 is 0 Å². The largest absolute Gasteiger partial charge is 0.345 e. The number of unbranched alkanes of at least 4 members (excludes halogenated alkanes) is 5. The van der Waals surface area contributed by atoms with E-state index in [0.717, 1.165) is 12.8 Å². The van der Waals surface area contributed by atoms with Crippen molar-refractivity contribution >= 4 is 0 Å². The Morgan fingerprint density at radius 3 is 2.29 bits per heavy atom. The summed E-state index contributed by atoms with van der Waals surface area (Å²) in [4.78, 5) is 0. The minimum atomic E-state index is -0.484. The molecule has 0 amide bonds. The van der Waals surface area contributed by atoms with Gasteiger partial charge in [-0.3, -0.25) is 0 Å². The maximum absolute atomic E-state index is 6.08. The Bertz CT molecular complexity index is 458. The summed E-state index contributed by atoms with van der Waals surface area (Å²) < 4.78 is 12.1. The van der Waals surface area contributed by atoms with Crippen LogP contribution in [0.2, 0.25) is 0 Å². The topological polar surface area (TPSA) is 18.5 Å². The first-order valence-electron chi connectivity index (χ1n) is 9.82. The first kappa shape index (κ1) is 21.1. The summed E-state index contributed by atoms with van der Waals surface area (Å²) in [5.74, 6) is 12.2. The van der Waals surface area contributed by atoms with Crippen LogP contribution in [0.1, 0.15) is 92.4 Å². The van der Waals surface area contributed by atoms with E-state index in [1.165, 1.54) is 38.5 Å². The molecule has 2 heteroatoms. The highest BCUT2D eigenvalue weighted by Gasteiger charge is 2.40. The van der Waals surface area contributed by atoms with E-state index in [-0.39, 0.29) is 12.2 Å². The van der Waals surface area contributed by atoms with Crippen molar-refractivity contribution in [3.63, 3.8) is 0 Å². The number of rotatable bonds is 9. The number of hydrogen-bond acceptors (Lipinski definition) is 2. The van der Waals surface area contributed by atoms with Gasteiger partial charge in [0.2, 0.25) is 0 Å². The van der Waals surface area contributed by atoms with Gasteiger partial charge in [-0.25, -0.2) is 0 Å². The summed E-state index contributed by atoms with van der Waals surface area (Å²) in [7, 11) is 0. The molecule has 1 saturated heterocycles. The molecule has 0 spiro atoms. The van der Waals surface area contributed by atoms with Gasteiger partial charge in [0, 0.05) is 12.3 Å². The van der Waals surface area contributed by atoms with Gasteiger partial charge in [0.05, 0.1) is 12.2 Å². The van der Waals surface area contributed by atoms with Crippen LogP contribution in [0.5, 0.6) is 0 Å². The molecule has 0 aliphatic carbocycles. The molecule has 3 unspecified atom stereocenters. The molecule has 1 aliphatic heterocycles. The second-order valence-corrected chi connectivity index (χ2v) is 7.35. The molecule has 24 heavy (non-hydrogen) atoms. The Kier molecular flexibility index (Phi) is 10.2. The van der Waals surface area contributed by atoms with Gasteiger partial charge in [0.15, 0.2) is 5.79 Å². The van der Waals surface area contributed by atoms with Crippen LogP contribution in [0.15, 0.2) is 0 Å². The molecule has 3 atom stereocenters. The monoisotopic (exact) mass is 332 g/mol. The van der Waals surface area contributed by atoms with E-state index in [0.29, 0.717) is 12.3 Å². The van der Waals surface area contributed by atoms with Crippen LogP contribution < -0.4 is 0 Å². The van der Waals surface area contributed by atoms with Gasteiger partial charge in [-0.15, -0.1) is 0 Å². The quantitative estimate of drug-likeness (QED) is 0.398. The van der Waals surface area contributed by atoms with Crippen LogP contribution in [0.4, 0.5) is 0 Å². The lowest BCUT2D eigenvalue weighted by Crippen LogP contribution is -2.21. The molecule has 0 bridgehead atoms. The molecule has 0 aromatic carbocycles. The van der Waals surface area contributed by atoms with Crippen molar-refractivity contribution in [3.05, 3.63) is 0 Å². The molecule has 0 aromatic rings. The summed E-state index contributed by atoms with van der Waals surface area (Å²) in [5, 5.41) is 0. The Morgan fingerprint density at radius 1 is 0.917 bits per heavy atom. The SMILES string of the molecule is CCCCCCCCC1OC(C)(C)OC1CC#CC#CC(C)CC. The molecule has 0 aromatic heterocycles. The number of hydrogen-bond donors (Lipinski definition) is 0. The Morgan fingerprint density at radius 2 is 1.58 bits per heavy atom. The standard InChI is InChI=1S/C22H36O2/c1-6-8-9-10-11-14-17-20-21(24-22(4,5)23-20)18-15-12-13-16-19(3)7-2/h19-21H,6-11,14,17-18H2,1-5H3. The molecule has 136 valence electrons. The van der Waals surface area contributed by atoms with Gasteiger partial charge in [-0.2, -0.15) is 0 Å². The Hall–Kier alpha value is -0.960. The van der Waals surface area contributed by atoms with Crippen LogP contribution in [0, 0.1) is 29.6 Å². The normalized spacial score (nSPS) is 23.0. The van der Waals surface area contributed by atoms with E-state index in [2.05, 4.69) is 44.5 Å². The highest BCUT2D eigenvalue weighted by molar-refractivity contribution is 5.26. The lowest BCUT2D eigenvalue weighted by atomic mass is 10.0. The average molecular weight is 333 g/mol. The summed E-state index contributed by atoms with van der Waals surface area (Å²) in [5.41, 5.74) is 0. The number of ether oxygens (including phenoxy) is 2. The maximum Gasteiger partial charge on any atom is 0.163 e. The Balaban J connectivity index is 2.39. The molecule has 1 aliphatic rings. The van der Waals surface area contributed by atoms with E-state index in [4.69, 9.17) is 9.47 Å². The van der Waals surface area contributed by atoms with Crippen LogP contribution >= 0.6 is 0 Å². The summed E-state index contributed by atoms with van der Waals surface area (Å²) in [6.07, 6.45) is 10.9. The van der Waals surface area contributed by atoms with E-state index in [1.807, 2.05) is 13.8 Å². The zero-order valence-corrected chi connectivity index (χ0v) is 16.4. The molecule has 1 fully saturated rings. The molecule has 1 rings (SSSR count). The van der Waals surface area contributed by atoms with Crippen molar-refractivity contribution in [2.45, 2.75) is 110 Å². The predicted molar refractivity (Wildman–Crippen MR) is 101 cm³/mol. The fraction of sp³-hybridized carbons (Fsp3) is 0.818. The fourth-order valence-electron chi connectivity index (χ4n) is 2.91. The second kappa shape index (κ2) is 11.6. The van der Waals surface area contributed by atoms with Gasteiger partial charge in [-0.1, -0.05) is 71.1 Å². The molecule has 1 heterocycles. The fourth-order valence-corrected chi connectivity index (χ4v) is 2.91. The van der Waals surface area contributed by atoms with Crippen LogP contribution in [-0.4, -0.2) is 18.0 Å². The van der Waals surface area contributed by atoms with Gasteiger partial charge in [0.25, 0.3) is 0 Å². The molecule has 0 N–H and O–H groups in total. The van der Waals surface area contributed by atoms with Crippen molar-refractivity contribution in [1.82, 2.24) is 0 Å². The van der Waals surface area contributed by atoms with Gasteiger partial charge >= 0.3 is 0 Å². The summed E-state index contributed by atoms with van der Waals surface area (Å²) in [6, 6.07) is 0. The highest BCUT2D eigenvalue weighted by atomic mass is 16.7. The zero-order valence-electron chi connectivity index (χ0n) is 16.4. The molecule has 2 nitrogen and oxygen atoms in total. The second-order valence-electron chi connectivity index (χ2n) is 7.35. The first-order chi connectivity index (χ1) is 11.5. The Labute approximate surface area is 150 Å². The van der Waals surface area contributed by atoms with Crippen LogP contribution in [0.3, 0.4) is 0 Å². The van der Waals surface area contributed by atoms with E-state index in [9.17, 15) is 0 Å². The summed E-state index contributed by atoms with van der Waals surface area (Å²) in [6.45, 7) is 10.5. The third-order valence-electron chi connectivity index (χ3n) is 4.51. The van der Waals surface area contributed by atoms with Gasteiger partial charge in [0.1, 0.15) is 0 Å². The summed E-state index contributed by atoms with van der Waals surface area (Å²) >= 11 is 0. The van der Waals surface area contributed by atoms with Crippen LogP contribution in [0.25, 0.3) is 0 Å². The predicted octanol–water partition coefficient (Wildman–Crippen LogP) is 5.70. The minimum Gasteiger partial charge on any atom is -0.345 e. The van der Waals surface area contributed by atoms with Crippen molar-refractivity contribution in [2.24, 2.45) is 5.92 Å². The van der Waals surface area contributed by atoms with Crippen molar-refractivity contribution < 1.29 is 9.47 Å². The average Bonchev–Trinajstić information content (AvgIpc) is 2.84. The molecular weight excluding hydrogens is 296 g/mol. The molecule has 0 saturated carbocycles. The minimum absolute atomic E-state index is 0.0774. The van der Waals surface area contributed by atoms with Crippen molar-refractivity contribution in [1.29, 1.82) is 0 Å². The lowest BCUT2D eigenvalue weighted by molar-refractivity contribution is -0.146. The van der Waals surface area contributed by atoms with E-state index < -0.39 is 5.79 Å². The highest BCUT2D eigenvalue weighted by Crippen LogP contribution is 2.32. The smallest absolute Gasteiger partial charge is 0.163 e. The third kappa shape index (κ3) is 8.77. The van der Waals surface area contributed by atoms with Crippen molar-refractivity contribution in [3.8, 4) is 23.7 Å². The van der Waals surface area contributed by atoms with Crippen molar-refractivity contribution in [2.75, 3.05) is 0 Å². The van der Waals surface area contributed by atoms with Gasteiger partial charge < -0.3 is 9.47 Å². The lowest BCUT2D eigenvalue weighted by Gasteiger charge is -2.16. The van der Waals surface area contributed by atoms with E-state index in [1.54, 1.807) is 0 Å². The maximum atomic E-state index is 6.08. The molecular formula is C22H36O2. The molecule has 0 radical (unpaired) electrons. The van der Waals surface area contributed by atoms with Crippen LogP contribution in [-0.2, 0) is 9.47 Å². The zero-order chi connectivity index (χ0) is 17.8.